The highest BCUT2D eigenvalue weighted by Crippen LogP contribution is 2.24. The molecular weight excluding hydrogens is 250 g/mol. The van der Waals surface area contributed by atoms with Crippen molar-refractivity contribution >= 4 is 0 Å². The summed E-state index contributed by atoms with van der Waals surface area (Å²) in [6.45, 7) is 6.05. The van der Waals surface area contributed by atoms with Gasteiger partial charge in [0.1, 0.15) is 5.75 Å². The van der Waals surface area contributed by atoms with E-state index in [0.717, 1.165) is 22.6 Å². The van der Waals surface area contributed by atoms with Crippen molar-refractivity contribution in [2.45, 2.75) is 32.9 Å². The van der Waals surface area contributed by atoms with E-state index in [-0.39, 0.29) is 12.1 Å². The van der Waals surface area contributed by atoms with Crippen molar-refractivity contribution in [3.05, 3.63) is 59.4 Å². The van der Waals surface area contributed by atoms with Crippen LogP contribution in [0.5, 0.6) is 5.75 Å². The number of benzene rings is 1. The number of nitrogens with two attached hydrogens (primary N) is 1. The van der Waals surface area contributed by atoms with Gasteiger partial charge in [-0.1, -0.05) is 18.2 Å². The third-order valence-electron chi connectivity index (χ3n) is 3.08. The van der Waals surface area contributed by atoms with Crippen molar-refractivity contribution in [3.8, 4) is 5.75 Å². The fourth-order valence-corrected chi connectivity index (χ4v) is 2.14. The Labute approximate surface area is 120 Å². The number of pyridine rings is 1. The molecule has 2 rings (SSSR count). The summed E-state index contributed by atoms with van der Waals surface area (Å²) in [5, 5.41) is 0. The van der Waals surface area contributed by atoms with Gasteiger partial charge in [-0.3, -0.25) is 10.8 Å². The average Bonchev–Trinajstić information content (AvgIpc) is 2.43. The third-order valence-corrected chi connectivity index (χ3v) is 3.08. The maximum Gasteiger partial charge on any atom is 0.119 e. The van der Waals surface area contributed by atoms with Crippen LogP contribution in [0.3, 0.4) is 0 Å². The molecule has 1 aromatic heterocycles. The fraction of sp³-hybridized carbons (Fsp3) is 0.312. The van der Waals surface area contributed by atoms with Gasteiger partial charge in [0.05, 0.1) is 17.8 Å². The van der Waals surface area contributed by atoms with Crippen molar-refractivity contribution < 1.29 is 4.74 Å². The molecule has 0 amide bonds. The van der Waals surface area contributed by atoms with Gasteiger partial charge in [-0.15, -0.1) is 0 Å². The van der Waals surface area contributed by atoms with Gasteiger partial charge in [0.2, 0.25) is 0 Å². The first kappa shape index (κ1) is 14.5. The number of hydrogen-bond donors (Lipinski definition) is 2. The van der Waals surface area contributed by atoms with Gasteiger partial charge >= 0.3 is 0 Å². The number of ether oxygens (including phenoxy) is 1. The van der Waals surface area contributed by atoms with Crippen LogP contribution in [0.25, 0.3) is 0 Å². The number of nitrogens with one attached hydrogen (secondary N) is 1. The molecule has 0 fully saturated rings. The van der Waals surface area contributed by atoms with Gasteiger partial charge in [-0.25, -0.2) is 5.43 Å². The van der Waals surface area contributed by atoms with Gasteiger partial charge < -0.3 is 4.74 Å². The van der Waals surface area contributed by atoms with Crippen LogP contribution in [0.2, 0.25) is 0 Å². The molecule has 0 aliphatic carbocycles. The van der Waals surface area contributed by atoms with Crippen molar-refractivity contribution in [2.75, 3.05) is 0 Å². The molecule has 0 aliphatic heterocycles. The molecule has 1 atom stereocenters. The van der Waals surface area contributed by atoms with E-state index in [1.54, 1.807) is 6.20 Å². The maximum atomic E-state index is 5.70. The Morgan fingerprint density at radius 3 is 2.40 bits per heavy atom. The Morgan fingerprint density at radius 1 is 1.15 bits per heavy atom. The Morgan fingerprint density at radius 2 is 1.85 bits per heavy atom. The largest absolute Gasteiger partial charge is 0.491 e. The lowest BCUT2D eigenvalue weighted by Crippen LogP contribution is -2.30. The molecule has 2 aromatic rings. The lowest BCUT2D eigenvalue weighted by Gasteiger charge is -2.18. The third kappa shape index (κ3) is 3.35. The number of nitrogens with zero attached hydrogens (tertiary/aromatic N) is 1. The van der Waals surface area contributed by atoms with Crippen LogP contribution in [-0.2, 0) is 0 Å². The number of hydrazine groups is 1. The second-order valence-corrected chi connectivity index (χ2v) is 5.04. The van der Waals surface area contributed by atoms with Crippen LogP contribution in [0.1, 0.15) is 36.7 Å². The minimum absolute atomic E-state index is 0.121. The molecule has 1 heterocycles. The van der Waals surface area contributed by atoms with Gasteiger partial charge in [0.15, 0.2) is 0 Å². The Hall–Kier alpha value is -1.91. The van der Waals surface area contributed by atoms with Crippen LogP contribution in [0.15, 0.2) is 42.6 Å². The average molecular weight is 271 g/mol. The highest BCUT2D eigenvalue weighted by molar-refractivity contribution is 5.35. The summed E-state index contributed by atoms with van der Waals surface area (Å²) in [5.41, 5.74) is 5.94. The minimum atomic E-state index is -0.121. The summed E-state index contributed by atoms with van der Waals surface area (Å²) in [4.78, 5) is 4.42. The molecule has 0 spiro atoms. The normalized spacial score (nSPS) is 12.4. The molecule has 1 aromatic carbocycles. The van der Waals surface area contributed by atoms with Crippen LogP contribution in [0.4, 0.5) is 0 Å². The van der Waals surface area contributed by atoms with Crippen molar-refractivity contribution in [3.63, 3.8) is 0 Å². The Balaban J connectivity index is 2.26. The highest BCUT2D eigenvalue weighted by Gasteiger charge is 2.15. The predicted molar refractivity (Wildman–Crippen MR) is 80.3 cm³/mol. The lowest BCUT2D eigenvalue weighted by atomic mass is 10.0. The van der Waals surface area contributed by atoms with Gasteiger partial charge in [0.25, 0.3) is 0 Å². The highest BCUT2D eigenvalue weighted by atomic mass is 16.5. The second kappa shape index (κ2) is 6.50. The molecule has 0 saturated heterocycles. The molecule has 0 bridgehead atoms. The molecule has 0 aliphatic rings. The smallest absolute Gasteiger partial charge is 0.119 e. The van der Waals surface area contributed by atoms with E-state index in [2.05, 4.69) is 10.4 Å². The quantitative estimate of drug-likeness (QED) is 0.648. The molecule has 0 saturated carbocycles. The maximum absolute atomic E-state index is 5.70. The van der Waals surface area contributed by atoms with Gasteiger partial charge in [-0.05, 0) is 50.1 Å². The number of aromatic nitrogens is 1. The molecule has 1 unspecified atom stereocenters. The summed E-state index contributed by atoms with van der Waals surface area (Å²) in [6.07, 6.45) is 1.95. The molecule has 20 heavy (non-hydrogen) atoms. The summed E-state index contributed by atoms with van der Waals surface area (Å²) in [6, 6.07) is 11.8. The van der Waals surface area contributed by atoms with E-state index in [9.17, 15) is 0 Å². The van der Waals surface area contributed by atoms with Crippen molar-refractivity contribution in [1.29, 1.82) is 0 Å². The monoisotopic (exact) mass is 271 g/mol. The second-order valence-electron chi connectivity index (χ2n) is 5.04. The summed E-state index contributed by atoms with van der Waals surface area (Å²) < 4.78 is 5.64. The zero-order valence-electron chi connectivity index (χ0n) is 12.1. The standard InChI is InChI=1S/C16H21N3O/c1-11(2)20-14-8-6-13(7-9-14)16(19-17)15-12(3)5-4-10-18-15/h4-11,16,19H,17H2,1-3H3. The molecule has 4 heteroatoms. The molecular formula is C16H21N3O. The fourth-order valence-electron chi connectivity index (χ4n) is 2.14. The Kier molecular flexibility index (Phi) is 4.71. The van der Waals surface area contributed by atoms with Crippen LogP contribution in [0, 0.1) is 6.92 Å². The number of hydrogen-bond acceptors (Lipinski definition) is 4. The molecule has 106 valence electrons. The summed E-state index contributed by atoms with van der Waals surface area (Å²) in [7, 11) is 0. The van der Waals surface area contributed by atoms with Gasteiger partial charge in [0, 0.05) is 6.20 Å². The van der Waals surface area contributed by atoms with Crippen LogP contribution >= 0.6 is 0 Å². The first-order valence-corrected chi connectivity index (χ1v) is 6.76. The molecule has 4 nitrogen and oxygen atoms in total. The minimum Gasteiger partial charge on any atom is -0.491 e. The van der Waals surface area contributed by atoms with Crippen molar-refractivity contribution in [1.82, 2.24) is 10.4 Å². The van der Waals surface area contributed by atoms with E-state index in [0.29, 0.717) is 0 Å². The van der Waals surface area contributed by atoms with E-state index in [4.69, 9.17) is 10.6 Å². The Bertz CT molecular complexity index is 552. The predicted octanol–water partition coefficient (Wildman–Crippen LogP) is 2.73. The number of aryl methyl sites for hydroxylation is 1. The van der Waals surface area contributed by atoms with Gasteiger partial charge in [-0.2, -0.15) is 0 Å². The summed E-state index contributed by atoms with van der Waals surface area (Å²) >= 11 is 0. The topological polar surface area (TPSA) is 60.2 Å². The first-order chi connectivity index (χ1) is 9.61. The number of rotatable bonds is 5. The SMILES string of the molecule is Cc1cccnc1C(NN)c1ccc(OC(C)C)cc1. The zero-order valence-corrected chi connectivity index (χ0v) is 12.1. The lowest BCUT2D eigenvalue weighted by molar-refractivity contribution is 0.242. The zero-order chi connectivity index (χ0) is 14.5. The van der Waals surface area contributed by atoms with Crippen molar-refractivity contribution in [2.24, 2.45) is 5.84 Å². The van der Waals surface area contributed by atoms with E-state index < -0.39 is 0 Å². The summed E-state index contributed by atoms with van der Waals surface area (Å²) in [5.74, 6) is 6.56. The molecule has 3 N–H and O–H groups in total. The van der Waals surface area contributed by atoms with E-state index >= 15 is 0 Å². The van der Waals surface area contributed by atoms with Crippen LogP contribution < -0.4 is 16.0 Å². The van der Waals surface area contributed by atoms with E-state index in [1.165, 1.54) is 0 Å². The first-order valence-electron chi connectivity index (χ1n) is 6.76. The van der Waals surface area contributed by atoms with E-state index in [1.807, 2.05) is 57.2 Å². The molecule has 0 radical (unpaired) electrons. The van der Waals surface area contributed by atoms with Crippen LogP contribution in [-0.4, -0.2) is 11.1 Å².